The standard InChI is InChI=1S/C23H23N5O2.C22H20ClN5O2/c1-4-21(29)20-12-16-11-17(9-14(2)22(16)27-20)26-23-25-8-6-18(28-23)19-10-15(13-30-3)5-7-24-19;1-3-20(29)19-10-14-9-15(11-16(23)21(14)27-19)26-22-25-7-5-17(28-22)18-8-13(12-30-2)4-6-24-18/h5-12,27H,4,13H2,1-3H3,(H,25,26,28);4-11,27H,3,12H2,1-2H3,(H,25,26,28). The number of fused-ring (bicyclic) bond motifs is 2. The van der Waals surface area contributed by atoms with Gasteiger partial charge in [-0.3, -0.25) is 19.6 Å². The van der Waals surface area contributed by atoms with E-state index in [4.69, 9.17) is 21.1 Å². The molecule has 0 radical (unpaired) electrons. The molecule has 8 aromatic rings. The summed E-state index contributed by atoms with van der Waals surface area (Å²) in [5.74, 6) is 1.03. The van der Waals surface area contributed by atoms with Gasteiger partial charge in [0.1, 0.15) is 0 Å². The minimum absolute atomic E-state index is 0.0380. The van der Waals surface area contributed by atoms with Crippen molar-refractivity contribution in [3.63, 3.8) is 0 Å². The number of aromatic amines is 2. The molecule has 0 aliphatic heterocycles. The van der Waals surface area contributed by atoms with Gasteiger partial charge in [0, 0.05) is 79.5 Å². The van der Waals surface area contributed by atoms with Gasteiger partial charge in [0.25, 0.3) is 0 Å². The second-order valence-corrected chi connectivity index (χ2v) is 14.3. The van der Waals surface area contributed by atoms with Gasteiger partial charge in [-0.25, -0.2) is 19.9 Å². The quantitative estimate of drug-likeness (QED) is 0.0762. The molecule has 6 aromatic heterocycles. The maximum absolute atomic E-state index is 12.0. The minimum Gasteiger partial charge on any atom is -0.380 e. The fourth-order valence-electron chi connectivity index (χ4n) is 6.57. The van der Waals surface area contributed by atoms with E-state index in [0.29, 0.717) is 60.1 Å². The molecule has 0 aliphatic carbocycles. The van der Waals surface area contributed by atoms with Gasteiger partial charge < -0.3 is 30.1 Å². The number of anilines is 4. The van der Waals surface area contributed by atoms with Crippen LogP contribution in [0.25, 0.3) is 44.6 Å². The zero-order valence-corrected chi connectivity index (χ0v) is 34.5. The lowest BCUT2D eigenvalue weighted by atomic mass is 10.1. The maximum Gasteiger partial charge on any atom is 0.227 e. The number of H-pyrrole nitrogens is 2. The third-order valence-electron chi connectivity index (χ3n) is 9.47. The fraction of sp³-hybridized carbons (Fsp3) is 0.200. The van der Waals surface area contributed by atoms with Gasteiger partial charge in [0.2, 0.25) is 11.9 Å². The number of methoxy groups -OCH3 is 2. The number of nitrogens with one attached hydrogen (secondary N) is 4. The number of benzene rings is 2. The van der Waals surface area contributed by atoms with E-state index in [1.807, 2.05) is 75.4 Å². The molecule has 0 fully saturated rings. The molecule has 0 unspecified atom stereocenters. The first-order valence-electron chi connectivity index (χ1n) is 19.2. The number of carbonyl (C=O) groups excluding carboxylic acids is 2. The number of ether oxygens (including phenoxy) is 2. The normalized spacial score (nSPS) is 11.0. The average Bonchev–Trinajstić information content (AvgIpc) is 3.90. The molecule has 0 saturated carbocycles. The number of Topliss-reactive ketones (excluding diaryl/α,β-unsaturated/α-hetero) is 2. The molecule has 60 heavy (non-hydrogen) atoms. The predicted octanol–water partition coefficient (Wildman–Crippen LogP) is 9.97. The summed E-state index contributed by atoms with van der Waals surface area (Å²) < 4.78 is 10.4. The Hall–Kier alpha value is -6.87. The van der Waals surface area contributed by atoms with Crippen LogP contribution in [0.4, 0.5) is 23.3 Å². The van der Waals surface area contributed by atoms with Crippen molar-refractivity contribution in [1.82, 2.24) is 39.9 Å². The lowest BCUT2D eigenvalue weighted by Gasteiger charge is -2.08. The average molecular weight is 823 g/mol. The Morgan fingerprint density at radius 3 is 1.57 bits per heavy atom. The van der Waals surface area contributed by atoms with Crippen LogP contribution in [-0.4, -0.2) is 65.7 Å². The Bertz CT molecular complexity index is 2630. The van der Waals surface area contributed by atoms with Crippen LogP contribution in [0.2, 0.25) is 5.02 Å². The van der Waals surface area contributed by atoms with Crippen LogP contribution in [0, 0.1) is 6.92 Å². The second-order valence-electron chi connectivity index (χ2n) is 13.8. The number of nitrogens with zero attached hydrogens (tertiary/aromatic N) is 6. The van der Waals surface area contributed by atoms with Crippen molar-refractivity contribution >= 4 is 68.2 Å². The van der Waals surface area contributed by atoms with Crippen LogP contribution in [-0.2, 0) is 22.7 Å². The van der Waals surface area contributed by atoms with E-state index in [1.54, 1.807) is 57.2 Å². The van der Waals surface area contributed by atoms with Crippen LogP contribution >= 0.6 is 11.6 Å². The van der Waals surface area contributed by atoms with Crippen LogP contribution in [0.15, 0.2) is 97.6 Å². The third-order valence-corrected chi connectivity index (χ3v) is 9.77. The first-order valence-corrected chi connectivity index (χ1v) is 19.6. The SMILES string of the molecule is CCC(=O)c1cc2cc(Nc3nccc(-c4cc(COC)ccn4)n3)cc(C)c2[nH]1.CCC(=O)c1cc2cc(Nc3nccc(-c4cc(COC)ccn4)n3)cc(Cl)c2[nH]1. The molecule has 6 heterocycles. The van der Waals surface area contributed by atoms with Crippen LogP contribution < -0.4 is 10.6 Å². The molecule has 15 heteroatoms. The number of aromatic nitrogens is 8. The van der Waals surface area contributed by atoms with E-state index in [0.717, 1.165) is 67.0 Å². The molecule has 0 aliphatic rings. The van der Waals surface area contributed by atoms with Crippen LogP contribution in [0.5, 0.6) is 0 Å². The summed E-state index contributed by atoms with van der Waals surface area (Å²) in [6.45, 7) is 6.71. The highest BCUT2D eigenvalue weighted by Gasteiger charge is 2.14. The number of ketones is 2. The number of hydrogen-bond donors (Lipinski definition) is 4. The summed E-state index contributed by atoms with van der Waals surface area (Å²) in [7, 11) is 3.32. The Labute approximate surface area is 351 Å². The zero-order valence-electron chi connectivity index (χ0n) is 33.8. The number of carbonyl (C=O) groups is 2. The Morgan fingerprint density at radius 1 is 0.600 bits per heavy atom. The minimum atomic E-state index is 0.0380. The molecule has 8 rings (SSSR count). The predicted molar refractivity (Wildman–Crippen MR) is 234 cm³/mol. The molecular formula is C45H43ClN10O4. The molecule has 304 valence electrons. The van der Waals surface area contributed by atoms with E-state index < -0.39 is 0 Å². The maximum atomic E-state index is 12.0. The molecule has 0 spiro atoms. The first-order chi connectivity index (χ1) is 29.1. The van der Waals surface area contributed by atoms with Crippen molar-refractivity contribution in [3.8, 4) is 22.8 Å². The van der Waals surface area contributed by atoms with Crippen molar-refractivity contribution in [2.75, 3.05) is 24.9 Å². The van der Waals surface area contributed by atoms with Crippen molar-refractivity contribution in [3.05, 3.63) is 131 Å². The molecule has 14 nitrogen and oxygen atoms in total. The summed E-state index contributed by atoms with van der Waals surface area (Å²) >= 11 is 6.42. The number of aryl methyl sites for hydroxylation is 1. The largest absolute Gasteiger partial charge is 0.380 e. The summed E-state index contributed by atoms with van der Waals surface area (Å²) in [6, 6.07) is 22.7. The summed E-state index contributed by atoms with van der Waals surface area (Å²) in [4.78, 5) is 56.9. The summed E-state index contributed by atoms with van der Waals surface area (Å²) in [5.41, 5.74) is 10.4. The smallest absolute Gasteiger partial charge is 0.227 e. The van der Waals surface area contributed by atoms with Gasteiger partial charge in [-0.15, -0.1) is 0 Å². The number of hydrogen-bond acceptors (Lipinski definition) is 12. The molecule has 0 saturated heterocycles. The van der Waals surface area contributed by atoms with Gasteiger partial charge >= 0.3 is 0 Å². The van der Waals surface area contributed by atoms with Crippen molar-refractivity contribution in [2.45, 2.75) is 46.8 Å². The molecule has 2 aromatic carbocycles. The van der Waals surface area contributed by atoms with Gasteiger partial charge in [0.15, 0.2) is 11.6 Å². The Morgan fingerprint density at radius 2 is 1.07 bits per heavy atom. The topological polar surface area (TPSA) is 186 Å². The Balaban J connectivity index is 0.000000181. The third kappa shape index (κ3) is 9.69. The lowest BCUT2D eigenvalue weighted by Crippen LogP contribution is -1.99. The monoisotopic (exact) mass is 822 g/mol. The number of rotatable bonds is 14. The van der Waals surface area contributed by atoms with Gasteiger partial charge in [-0.2, -0.15) is 0 Å². The van der Waals surface area contributed by atoms with Crippen molar-refractivity contribution in [1.29, 1.82) is 0 Å². The summed E-state index contributed by atoms with van der Waals surface area (Å²) in [6.07, 6.45) is 7.75. The fourth-order valence-corrected chi connectivity index (χ4v) is 6.85. The number of halogens is 1. The van der Waals surface area contributed by atoms with Crippen LogP contribution in [0.3, 0.4) is 0 Å². The number of pyridine rings is 2. The zero-order chi connectivity index (χ0) is 42.2. The highest BCUT2D eigenvalue weighted by Crippen LogP contribution is 2.31. The van der Waals surface area contributed by atoms with E-state index in [9.17, 15) is 9.59 Å². The van der Waals surface area contributed by atoms with E-state index >= 15 is 0 Å². The molecule has 0 amide bonds. The van der Waals surface area contributed by atoms with E-state index in [2.05, 4.69) is 50.5 Å². The Kier molecular flexibility index (Phi) is 12.9. The van der Waals surface area contributed by atoms with Crippen LogP contribution in [0.1, 0.15) is 64.4 Å². The van der Waals surface area contributed by atoms with Gasteiger partial charge in [0.05, 0.1) is 57.9 Å². The van der Waals surface area contributed by atoms with E-state index in [-0.39, 0.29) is 11.6 Å². The molecule has 4 N–H and O–H groups in total. The van der Waals surface area contributed by atoms with E-state index in [1.165, 1.54) is 0 Å². The van der Waals surface area contributed by atoms with Crippen molar-refractivity contribution < 1.29 is 19.1 Å². The highest BCUT2D eigenvalue weighted by atomic mass is 35.5. The molecular weight excluding hydrogens is 780 g/mol. The van der Waals surface area contributed by atoms with Crippen molar-refractivity contribution in [2.24, 2.45) is 0 Å². The van der Waals surface area contributed by atoms with Gasteiger partial charge in [-0.1, -0.05) is 25.4 Å². The lowest BCUT2D eigenvalue weighted by molar-refractivity contribution is 0.0976. The molecule has 0 atom stereocenters. The van der Waals surface area contributed by atoms with Gasteiger partial charge in [-0.05, 0) is 96.4 Å². The second kappa shape index (κ2) is 18.8. The molecule has 0 bridgehead atoms. The summed E-state index contributed by atoms with van der Waals surface area (Å²) in [5, 5.41) is 8.77. The highest BCUT2D eigenvalue weighted by molar-refractivity contribution is 6.35. The first kappa shape index (κ1) is 41.3.